The first-order valence-corrected chi connectivity index (χ1v) is 10.0. The number of ether oxygens (including phenoxy) is 2. The van der Waals surface area contributed by atoms with E-state index >= 15 is 0 Å². The molecule has 1 atom stereocenters. The molecule has 1 N–H and O–H groups in total. The Morgan fingerprint density at radius 2 is 1.46 bits per heavy atom. The summed E-state index contributed by atoms with van der Waals surface area (Å²) in [7, 11) is -2.24. The summed E-state index contributed by atoms with van der Waals surface area (Å²) < 4.78 is 34.5. The summed E-state index contributed by atoms with van der Waals surface area (Å²) in [4.78, 5) is 36.6. The minimum atomic E-state index is -3.43. The number of benzene rings is 2. The quantitative estimate of drug-likeness (QED) is 0.555. The maximum Gasteiger partial charge on any atom is 0.339 e. The molecule has 0 fully saturated rings. The SMILES string of the molecule is COC(=O)c1ccccc1C(=O)OC(C)C(=O)c1ccc(NS(C)(=O)=O)cc1. The number of esters is 2. The number of sulfonamides is 1. The lowest BCUT2D eigenvalue weighted by Crippen LogP contribution is -2.25. The van der Waals surface area contributed by atoms with E-state index < -0.39 is 33.8 Å². The third kappa shape index (κ3) is 5.40. The molecule has 0 heterocycles. The Morgan fingerprint density at radius 1 is 0.929 bits per heavy atom. The predicted octanol–water partition coefficient (Wildman–Crippen LogP) is 2.27. The van der Waals surface area contributed by atoms with E-state index in [0.29, 0.717) is 5.69 Å². The highest BCUT2D eigenvalue weighted by atomic mass is 32.2. The third-order valence-electron chi connectivity index (χ3n) is 3.68. The number of carbonyl (C=O) groups excluding carboxylic acids is 3. The van der Waals surface area contributed by atoms with Crippen LogP contribution >= 0.6 is 0 Å². The maximum atomic E-state index is 12.5. The van der Waals surface area contributed by atoms with Crippen molar-refractivity contribution in [3.05, 3.63) is 65.2 Å². The van der Waals surface area contributed by atoms with Gasteiger partial charge in [0.25, 0.3) is 0 Å². The first-order chi connectivity index (χ1) is 13.1. The summed E-state index contributed by atoms with van der Waals surface area (Å²) in [5.74, 6) is -2.01. The van der Waals surface area contributed by atoms with Gasteiger partial charge in [-0.1, -0.05) is 12.1 Å². The molecule has 0 aliphatic rings. The van der Waals surface area contributed by atoms with Crippen molar-refractivity contribution in [1.82, 2.24) is 0 Å². The van der Waals surface area contributed by atoms with Gasteiger partial charge in [0.2, 0.25) is 15.8 Å². The molecule has 0 aliphatic heterocycles. The van der Waals surface area contributed by atoms with Gasteiger partial charge in [0, 0.05) is 11.3 Å². The molecule has 0 saturated heterocycles. The van der Waals surface area contributed by atoms with Crippen LogP contribution < -0.4 is 4.72 Å². The van der Waals surface area contributed by atoms with Crippen LogP contribution in [0.2, 0.25) is 0 Å². The molecule has 0 saturated carbocycles. The number of Topliss-reactive ketones (excluding diaryl/α,β-unsaturated/α-hetero) is 1. The standard InChI is InChI=1S/C19H19NO7S/c1-12(17(21)13-8-10-14(11-9-13)20-28(3,24)25)27-19(23)16-7-5-4-6-15(16)18(22)26-2/h4-12,20H,1-3H3. The molecular weight excluding hydrogens is 386 g/mol. The minimum Gasteiger partial charge on any atom is -0.465 e. The summed E-state index contributed by atoms with van der Waals surface area (Å²) in [5, 5.41) is 0. The van der Waals surface area contributed by atoms with Crippen LogP contribution in [0.1, 0.15) is 38.0 Å². The zero-order valence-electron chi connectivity index (χ0n) is 15.5. The normalized spacial score (nSPS) is 12.0. The van der Waals surface area contributed by atoms with E-state index in [-0.39, 0.29) is 16.7 Å². The number of rotatable bonds is 7. The molecule has 0 amide bonds. The molecule has 148 valence electrons. The van der Waals surface area contributed by atoms with Crippen molar-refractivity contribution < 1.29 is 32.3 Å². The summed E-state index contributed by atoms with van der Waals surface area (Å²) in [6.45, 7) is 1.41. The van der Waals surface area contributed by atoms with Crippen molar-refractivity contribution in [2.45, 2.75) is 13.0 Å². The van der Waals surface area contributed by atoms with E-state index in [1.807, 2.05) is 0 Å². The van der Waals surface area contributed by atoms with Crippen LogP contribution in [0.25, 0.3) is 0 Å². The molecule has 28 heavy (non-hydrogen) atoms. The highest BCUT2D eigenvalue weighted by Gasteiger charge is 2.24. The summed E-state index contributed by atoms with van der Waals surface area (Å²) in [6.07, 6.45) is -0.105. The fourth-order valence-corrected chi connectivity index (χ4v) is 2.94. The Morgan fingerprint density at radius 3 is 1.96 bits per heavy atom. The summed E-state index contributed by atoms with van der Waals surface area (Å²) >= 11 is 0. The lowest BCUT2D eigenvalue weighted by Gasteiger charge is -2.14. The monoisotopic (exact) mass is 405 g/mol. The molecule has 2 aromatic rings. The van der Waals surface area contributed by atoms with Gasteiger partial charge < -0.3 is 9.47 Å². The number of methoxy groups -OCH3 is 1. The van der Waals surface area contributed by atoms with Gasteiger partial charge in [-0.05, 0) is 43.3 Å². The Kier molecular flexibility index (Phi) is 6.53. The fraction of sp³-hybridized carbons (Fsp3) is 0.211. The fourth-order valence-electron chi connectivity index (χ4n) is 2.38. The molecule has 0 radical (unpaired) electrons. The molecule has 0 aromatic heterocycles. The molecular formula is C19H19NO7S. The lowest BCUT2D eigenvalue weighted by atomic mass is 10.1. The Labute approximate surface area is 162 Å². The maximum absolute atomic E-state index is 12.5. The topological polar surface area (TPSA) is 116 Å². The van der Waals surface area contributed by atoms with Crippen molar-refractivity contribution in [1.29, 1.82) is 0 Å². The highest BCUT2D eigenvalue weighted by Crippen LogP contribution is 2.16. The van der Waals surface area contributed by atoms with Gasteiger partial charge >= 0.3 is 11.9 Å². The predicted molar refractivity (Wildman–Crippen MR) is 102 cm³/mol. The van der Waals surface area contributed by atoms with Gasteiger partial charge in [-0.15, -0.1) is 0 Å². The molecule has 0 aliphatic carbocycles. The van der Waals surface area contributed by atoms with Gasteiger partial charge in [-0.25, -0.2) is 18.0 Å². The van der Waals surface area contributed by atoms with Crippen molar-refractivity contribution in [2.75, 3.05) is 18.1 Å². The molecule has 1 unspecified atom stereocenters. The molecule has 2 aromatic carbocycles. The molecule has 9 heteroatoms. The molecule has 0 bridgehead atoms. The Hall–Kier alpha value is -3.20. The first-order valence-electron chi connectivity index (χ1n) is 8.13. The second kappa shape index (κ2) is 8.66. The highest BCUT2D eigenvalue weighted by molar-refractivity contribution is 7.92. The van der Waals surface area contributed by atoms with E-state index in [0.717, 1.165) is 6.26 Å². The number of hydrogen-bond acceptors (Lipinski definition) is 7. The average molecular weight is 405 g/mol. The van der Waals surface area contributed by atoms with Gasteiger partial charge in [-0.3, -0.25) is 9.52 Å². The van der Waals surface area contributed by atoms with Gasteiger partial charge in [0.15, 0.2) is 6.10 Å². The zero-order valence-corrected chi connectivity index (χ0v) is 16.3. The van der Waals surface area contributed by atoms with E-state index in [9.17, 15) is 22.8 Å². The Balaban J connectivity index is 2.12. The van der Waals surface area contributed by atoms with Crippen LogP contribution in [0, 0.1) is 0 Å². The van der Waals surface area contributed by atoms with E-state index in [2.05, 4.69) is 9.46 Å². The largest absolute Gasteiger partial charge is 0.465 e. The average Bonchev–Trinajstić information content (AvgIpc) is 2.66. The van der Waals surface area contributed by atoms with Crippen molar-refractivity contribution in [2.24, 2.45) is 0 Å². The van der Waals surface area contributed by atoms with E-state index in [1.165, 1.54) is 50.4 Å². The third-order valence-corrected chi connectivity index (χ3v) is 4.28. The molecule has 8 nitrogen and oxygen atoms in total. The van der Waals surface area contributed by atoms with E-state index in [1.54, 1.807) is 12.1 Å². The number of carbonyl (C=O) groups is 3. The summed E-state index contributed by atoms with van der Waals surface area (Å²) in [5.41, 5.74) is 0.559. The smallest absolute Gasteiger partial charge is 0.339 e. The van der Waals surface area contributed by atoms with Crippen LogP contribution in [-0.2, 0) is 19.5 Å². The second-order valence-corrected chi connectivity index (χ2v) is 7.65. The van der Waals surface area contributed by atoms with Crippen LogP contribution in [0.4, 0.5) is 5.69 Å². The van der Waals surface area contributed by atoms with Crippen LogP contribution in [0.3, 0.4) is 0 Å². The van der Waals surface area contributed by atoms with Crippen molar-refractivity contribution >= 4 is 33.4 Å². The lowest BCUT2D eigenvalue weighted by molar-refractivity contribution is 0.0313. The zero-order chi connectivity index (χ0) is 20.9. The number of anilines is 1. The van der Waals surface area contributed by atoms with Gasteiger partial charge in [0.1, 0.15) is 0 Å². The molecule has 2 rings (SSSR count). The van der Waals surface area contributed by atoms with Gasteiger partial charge in [-0.2, -0.15) is 0 Å². The van der Waals surface area contributed by atoms with Crippen LogP contribution in [-0.4, -0.2) is 45.6 Å². The Bertz CT molecular complexity index is 997. The molecule has 0 spiro atoms. The minimum absolute atomic E-state index is 0.0123. The number of hydrogen-bond donors (Lipinski definition) is 1. The van der Waals surface area contributed by atoms with Crippen molar-refractivity contribution in [3.8, 4) is 0 Å². The summed E-state index contributed by atoms with van der Waals surface area (Å²) in [6, 6.07) is 11.6. The van der Waals surface area contributed by atoms with Gasteiger partial charge in [0.05, 0.1) is 24.5 Å². The number of ketones is 1. The van der Waals surface area contributed by atoms with Crippen LogP contribution in [0.5, 0.6) is 0 Å². The second-order valence-electron chi connectivity index (χ2n) is 5.90. The van der Waals surface area contributed by atoms with Crippen LogP contribution in [0.15, 0.2) is 48.5 Å². The van der Waals surface area contributed by atoms with Crippen molar-refractivity contribution in [3.63, 3.8) is 0 Å². The number of nitrogens with one attached hydrogen (secondary N) is 1. The van der Waals surface area contributed by atoms with E-state index in [4.69, 9.17) is 4.74 Å². The first kappa shape index (κ1) is 21.1.